The first-order valence-corrected chi connectivity index (χ1v) is 8.43. The van der Waals surface area contributed by atoms with Gasteiger partial charge in [0.1, 0.15) is 11.9 Å². The summed E-state index contributed by atoms with van der Waals surface area (Å²) in [5, 5.41) is 13.0. The number of hydrogen-bond acceptors (Lipinski definition) is 7. The highest BCUT2D eigenvalue weighted by atomic mass is 16.5. The van der Waals surface area contributed by atoms with Crippen molar-refractivity contribution in [2.75, 3.05) is 31.1 Å². The van der Waals surface area contributed by atoms with E-state index in [4.69, 9.17) is 9.78 Å². The Bertz CT molecular complexity index is 737. The van der Waals surface area contributed by atoms with Crippen molar-refractivity contribution in [3.8, 4) is 6.07 Å². The molecule has 2 aliphatic rings. The molecule has 0 amide bonds. The van der Waals surface area contributed by atoms with Crippen molar-refractivity contribution in [1.29, 1.82) is 5.26 Å². The van der Waals surface area contributed by atoms with Crippen LogP contribution in [0.4, 0.5) is 5.82 Å². The summed E-state index contributed by atoms with van der Waals surface area (Å²) in [6.45, 7) is 5.76. The van der Waals surface area contributed by atoms with E-state index in [0.29, 0.717) is 11.5 Å². The van der Waals surface area contributed by atoms with Gasteiger partial charge < -0.3 is 9.42 Å². The molecule has 4 rings (SSSR count). The lowest BCUT2D eigenvalue weighted by atomic mass is 10.2. The molecule has 0 radical (unpaired) electrons. The van der Waals surface area contributed by atoms with Crippen LogP contribution in [0.3, 0.4) is 0 Å². The lowest BCUT2D eigenvalue weighted by Gasteiger charge is -2.37. The van der Waals surface area contributed by atoms with E-state index in [9.17, 15) is 0 Å². The summed E-state index contributed by atoms with van der Waals surface area (Å²) >= 11 is 0. The molecule has 1 saturated carbocycles. The van der Waals surface area contributed by atoms with Crippen LogP contribution in [0.5, 0.6) is 0 Å². The molecule has 1 atom stereocenters. The first-order valence-electron chi connectivity index (χ1n) is 8.43. The number of pyridine rings is 1. The molecule has 0 aromatic carbocycles. The topological polar surface area (TPSA) is 82.1 Å². The molecule has 1 aliphatic carbocycles. The first kappa shape index (κ1) is 15.1. The molecule has 24 heavy (non-hydrogen) atoms. The van der Waals surface area contributed by atoms with Crippen LogP contribution >= 0.6 is 0 Å². The molecule has 2 aromatic heterocycles. The average molecular weight is 324 g/mol. The second-order valence-electron chi connectivity index (χ2n) is 6.48. The highest BCUT2D eigenvalue weighted by molar-refractivity contribution is 5.42. The predicted molar refractivity (Wildman–Crippen MR) is 87.4 cm³/mol. The van der Waals surface area contributed by atoms with Crippen LogP contribution in [-0.2, 0) is 0 Å². The van der Waals surface area contributed by atoms with Gasteiger partial charge in [-0.3, -0.25) is 4.90 Å². The fourth-order valence-electron chi connectivity index (χ4n) is 3.06. The smallest absolute Gasteiger partial charge is 0.243 e. The maximum absolute atomic E-state index is 8.85. The van der Waals surface area contributed by atoms with Crippen molar-refractivity contribution in [3.05, 3.63) is 35.6 Å². The van der Waals surface area contributed by atoms with E-state index in [2.05, 4.69) is 37.9 Å². The van der Waals surface area contributed by atoms with E-state index in [-0.39, 0.29) is 6.04 Å². The Morgan fingerprint density at radius 3 is 2.67 bits per heavy atom. The van der Waals surface area contributed by atoms with Crippen molar-refractivity contribution in [1.82, 2.24) is 20.0 Å². The van der Waals surface area contributed by atoms with Crippen molar-refractivity contribution in [3.63, 3.8) is 0 Å². The summed E-state index contributed by atoms with van der Waals surface area (Å²) in [6.07, 6.45) is 4.00. The van der Waals surface area contributed by atoms with Gasteiger partial charge in [0.15, 0.2) is 5.82 Å². The Kier molecular flexibility index (Phi) is 3.90. The lowest BCUT2D eigenvalue weighted by Crippen LogP contribution is -2.47. The van der Waals surface area contributed by atoms with E-state index in [1.54, 1.807) is 6.20 Å². The molecule has 0 N–H and O–H groups in total. The van der Waals surface area contributed by atoms with E-state index in [0.717, 1.165) is 43.7 Å². The minimum atomic E-state index is 0.140. The van der Waals surface area contributed by atoms with Gasteiger partial charge in [0, 0.05) is 38.3 Å². The van der Waals surface area contributed by atoms with E-state index in [1.807, 2.05) is 12.1 Å². The first-order chi connectivity index (χ1) is 11.7. The average Bonchev–Trinajstić information content (AvgIpc) is 3.38. The van der Waals surface area contributed by atoms with Crippen LogP contribution in [-0.4, -0.2) is 46.2 Å². The summed E-state index contributed by atoms with van der Waals surface area (Å²) in [7, 11) is 0. The zero-order valence-electron chi connectivity index (χ0n) is 13.7. The lowest BCUT2D eigenvalue weighted by molar-refractivity contribution is 0.164. The van der Waals surface area contributed by atoms with Gasteiger partial charge in [-0.15, -0.1) is 0 Å². The summed E-state index contributed by atoms with van der Waals surface area (Å²) in [6, 6.07) is 5.97. The number of piperazine rings is 1. The van der Waals surface area contributed by atoms with Gasteiger partial charge in [-0.05, 0) is 31.9 Å². The van der Waals surface area contributed by atoms with Crippen LogP contribution in [0.15, 0.2) is 22.9 Å². The number of anilines is 1. The normalized spacial score (nSPS) is 19.9. The van der Waals surface area contributed by atoms with Crippen LogP contribution < -0.4 is 4.90 Å². The Hall–Kier alpha value is -2.46. The third-order valence-electron chi connectivity index (χ3n) is 4.82. The Labute approximate surface area is 140 Å². The monoisotopic (exact) mass is 324 g/mol. The van der Waals surface area contributed by atoms with Gasteiger partial charge in [-0.2, -0.15) is 10.2 Å². The molecule has 7 heteroatoms. The number of nitrogens with zero attached hydrogens (tertiary/aromatic N) is 6. The molecule has 1 unspecified atom stereocenters. The van der Waals surface area contributed by atoms with Gasteiger partial charge >= 0.3 is 0 Å². The molecule has 2 fully saturated rings. The zero-order chi connectivity index (χ0) is 16.5. The fraction of sp³-hybridized carbons (Fsp3) is 0.529. The van der Waals surface area contributed by atoms with Crippen LogP contribution in [0, 0.1) is 11.3 Å². The molecule has 0 spiro atoms. The SMILES string of the molecule is CC(c1nc(C2CC2)no1)N1CCN(c2ccc(C#N)cn2)CC1. The third-order valence-corrected chi connectivity index (χ3v) is 4.82. The van der Waals surface area contributed by atoms with Gasteiger partial charge in [0.2, 0.25) is 5.89 Å². The number of hydrogen-bond donors (Lipinski definition) is 0. The quantitative estimate of drug-likeness (QED) is 0.851. The van der Waals surface area contributed by atoms with Crippen molar-refractivity contribution < 1.29 is 4.52 Å². The molecule has 2 aromatic rings. The maximum atomic E-state index is 8.85. The fourth-order valence-corrected chi connectivity index (χ4v) is 3.06. The highest BCUT2D eigenvalue weighted by Crippen LogP contribution is 2.38. The minimum absolute atomic E-state index is 0.140. The van der Waals surface area contributed by atoms with Crippen LogP contribution in [0.25, 0.3) is 0 Å². The highest BCUT2D eigenvalue weighted by Gasteiger charge is 2.31. The van der Waals surface area contributed by atoms with Crippen molar-refractivity contribution >= 4 is 5.82 Å². The number of rotatable bonds is 4. The standard InChI is InChI=1S/C17H20N6O/c1-12(17-20-16(21-24-17)14-3-4-14)22-6-8-23(9-7-22)15-5-2-13(10-18)11-19-15/h2,5,11-12,14H,3-4,6-9H2,1H3. The van der Waals surface area contributed by atoms with Crippen molar-refractivity contribution in [2.45, 2.75) is 31.7 Å². The largest absolute Gasteiger partial charge is 0.354 e. The summed E-state index contributed by atoms with van der Waals surface area (Å²) in [4.78, 5) is 13.6. The van der Waals surface area contributed by atoms with Gasteiger partial charge in [-0.1, -0.05) is 5.16 Å². The molecule has 0 bridgehead atoms. The Balaban J connectivity index is 1.36. The second kappa shape index (κ2) is 6.21. The molecule has 1 aliphatic heterocycles. The van der Waals surface area contributed by atoms with Gasteiger partial charge in [0.25, 0.3) is 0 Å². The third kappa shape index (κ3) is 2.97. The molecular weight excluding hydrogens is 304 g/mol. The van der Waals surface area contributed by atoms with Gasteiger partial charge in [-0.25, -0.2) is 4.98 Å². The second-order valence-corrected chi connectivity index (χ2v) is 6.48. The summed E-state index contributed by atoms with van der Waals surface area (Å²) < 4.78 is 5.46. The van der Waals surface area contributed by atoms with Crippen molar-refractivity contribution in [2.24, 2.45) is 0 Å². The van der Waals surface area contributed by atoms with E-state index in [1.165, 1.54) is 12.8 Å². The van der Waals surface area contributed by atoms with E-state index < -0.39 is 0 Å². The number of nitriles is 1. The minimum Gasteiger partial charge on any atom is -0.354 e. The predicted octanol–water partition coefficient (Wildman–Crippen LogP) is 2.10. The Morgan fingerprint density at radius 1 is 1.25 bits per heavy atom. The molecule has 124 valence electrons. The Morgan fingerprint density at radius 2 is 2.04 bits per heavy atom. The summed E-state index contributed by atoms with van der Waals surface area (Å²) in [5.41, 5.74) is 0.592. The molecule has 1 saturated heterocycles. The van der Waals surface area contributed by atoms with E-state index >= 15 is 0 Å². The summed E-state index contributed by atoms with van der Waals surface area (Å²) in [5.74, 6) is 3.04. The molecule has 3 heterocycles. The van der Waals surface area contributed by atoms with Crippen LogP contribution in [0.1, 0.15) is 49.0 Å². The zero-order valence-corrected chi connectivity index (χ0v) is 13.7. The number of aromatic nitrogens is 3. The van der Waals surface area contributed by atoms with Gasteiger partial charge in [0.05, 0.1) is 11.6 Å². The molecular formula is C17H20N6O. The molecule has 7 nitrogen and oxygen atoms in total. The van der Waals surface area contributed by atoms with Crippen LogP contribution in [0.2, 0.25) is 0 Å². The maximum Gasteiger partial charge on any atom is 0.243 e.